The molecule has 0 fully saturated rings. The summed E-state index contributed by atoms with van der Waals surface area (Å²) in [6.45, 7) is 0.0257. The van der Waals surface area contributed by atoms with Gasteiger partial charge in [-0.1, -0.05) is 0 Å². The van der Waals surface area contributed by atoms with Crippen molar-refractivity contribution in [2.24, 2.45) is 5.73 Å². The number of carbonyl (C=O) groups excluding carboxylic acids is 2. The van der Waals surface area contributed by atoms with Crippen molar-refractivity contribution in [3.05, 3.63) is 0 Å². The molecule has 0 rings (SSSR count). The first-order chi connectivity index (χ1) is 6.15. The average molecular weight is 176 g/mol. The van der Waals surface area contributed by atoms with Gasteiger partial charge in [0.05, 0.1) is 7.11 Å². The number of carbonyl (C=O) groups is 2. The van der Waals surface area contributed by atoms with E-state index in [9.17, 15) is 9.59 Å². The molecule has 0 aliphatic heterocycles. The Labute approximate surface area is 72.9 Å². The first-order valence-electron chi connectivity index (χ1n) is 4.20. The van der Waals surface area contributed by atoms with Gasteiger partial charge in [0.25, 0.3) is 0 Å². The van der Waals surface area contributed by atoms with Crippen molar-refractivity contribution >= 4 is 11.9 Å². The van der Waals surface area contributed by atoms with E-state index < -0.39 is 11.9 Å². The fraction of sp³-hybridized carbons (Fsp3) is 0.714. The first-order valence-corrected chi connectivity index (χ1v) is 3.49. The number of esters is 1. The SMILES string of the molecule is [3H]CC(=O)N(CCN)CC(=O)OC. The maximum absolute atomic E-state index is 11.0. The minimum absolute atomic E-state index is 0.134. The van der Waals surface area contributed by atoms with Gasteiger partial charge in [-0.05, 0) is 0 Å². The lowest BCUT2D eigenvalue weighted by atomic mass is 10.4. The van der Waals surface area contributed by atoms with Crippen LogP contribution in [0.25, 0.3) is 0 Å². The van der Waals surface area contributed by atoms with E-state index in [1.165, 1.54) is 12.0 Å². The zero-order valence-electron chi connectivity index (χ0n) is 8.08. The van der Waals surface area contributed by atoms with Crippen molar-refractivity contribution in [1.82, 2.24) is 4.90 Å². The van der Waals surface area contributed by atoms with Crippen LogP contribution < -0.4 is 5.73 Å². The van der Waals surface area contributed by atoms with Crippen molar-refractivity contribution in [2.75, 3.05) is 26.7 Å². The summed E-state index contributed by atoms with van der Waals surface area (Å²) < 4.78 is 11.2. The predicted molar refractivity (Wildman–Crippen MR) is 43.3 cm³/mol. The number of amides is 1. The van der Waals surface area contributed by atoms with Gasteiger partial charge in [0.1, 0.15) is 6.54 Å². The smallest absolute Gasteiger partial charge is 0.325 e. The molecule has 70 valence electrons. The summed E-state index contributed by atoms with van der Waals surface area (Å²) in [4.78, 5) is 23.0. The number of hydrogen-bond donors (Lipinski definition) is 1. The summed E-state index contributed by atoms with van der Waals surface area (Å²) >= 11 is 0. The van der Waals surface area contributed by atoms with Gasteiger partial charge in [0.15, 0.2) is 0 Å². The van der Waals surface area contributed by atoms with Gasteiger partial charge in [0.2, 0.25) is 5.91 Å². The van der Waals surface area contributed by atoms with Crippen LogP contribution in [0.1, 0.15) is 8.27 Å². The molecule has 0 unspecified atom stereocenters. The van der Waals surface area contributed by atoms with Gasteiger partial charge < -0.3 is 15.4 Å². The minimum atomic E-state index is -0.504. The number of nitrogens with zero attached hydrogens (tertiary/aromatic N) is 1. The standard InChI is InChI=1S/C7H14N2O3/c1-6(10)9(4-3-8)5-7(11)12-2/h3-5,8H2,1-2H3/i1T. The molecule has 0 spiro atoms. The zero-order chi connectivity index (χ0) is 10.3. The Bertz CT molecular complexity index is 187. The summed E-state index contributed by atoms with van der Waals surface area (Å²) in [7, 11) is 1.24. The molecule has 0 aliphatic carbocycles. The molecule has 0 aromatic heterocycles. The maximum Gasteiger partial charge on any atom is 0.325 e. The summed E-state index contributed by atoms with van der Waals surface area (Å²) in [6, 6.07) is 0. The van der Waals surface area contributed by atoms with Crippen LogP contribution in [0, 0.1) is 0 Å². The van der Waals surface area contributed by atoms with E-state index >= 15 is 0 Å². The van der Waals surface area contributed by atoms with Gasteiger partial charge in [-0.2, -0.15) is 0 Å². The second-order valence-corrected chi connectivity index (χ2v) is 2.18. The highest BCUT2D eigenvalue weighted by atomic mass is 16.5. The highest BCUT2D eigenvalue weighted by Crippen LogP contribution is 1.89. The fourth-order valence-electron chi connectivity index (χ4n) is 0.668. The van der Waals surface area contributed by atoms with Gasteiger partial charge in [0, 0.05) is 21.4 Å². The highest BCUT2D eigenvalue weighted by molar-refractivity contribution is 5.80. The topological polar surface area (TPSA) is 72.6 Å². The minimum Gasteiger partial charge on any atom is -0.468 e. The van der Waals surface area contributed by atoms with Crippen molar-refractivity contribution < 1.29 is 15.7 Å². The molecule has 0 heterocycles. The lowest BCUT2D eigenvalue weighted by molar-refractivity contribution is -0.146. The van der Waals surface area contributed by atoms with Gasteiger partial charge in [-0.3, -0.25) is 9.59 Å². The van der Waals surface area contributed by atoms with E-state index in [-0.39, 0.29) is 26.5 Å². The molecular weight excluding hydrogens is 160 g/mol. The molecule has 0 aromatic carbocycles. The lowest BCUT2D eigenvalue weighted by Gasteiger charge is -2.17. The van der Waals surface area contributed by atoms with Crippen LogP contribution in [0.3, 0.4) is 0 Å². The largest absolute Gasteiger partial charge is 0.468 e. The van der Waals surface area contributed by atoms with Crippen LogP contribution >= 0.6 is 0 Å². The molecule has 5 heteroatoms. The second-order valence-electron chi connectivity index (χ2n) is 2.18. The normalized spacial score (nSPS) is 10.3. The third kappa shape index (κ3) is 3.92. The Morgan fingerprint density at radius 3 is 2.75 bits per heavy atom. The lowest BCUT2D eigenvalue weighted by Crippen LogP contribution is -2.38. The third-order valence-electron chi connectivity index (χ3n) is 1.30. The second kappa shape index (κ2) is 5.54. The van der Waals surface area contributed by atoms with Gasteiger partial charge in [-0.25, -0.2) is 0 Å². The number of methoxy groups -OCH3 is 1. The Morgan fingerprint density at radius 2 is 2.33 bits per heavy atom. The molecule has 2 N–H and O–H groups in total. The van der Waals surface area contributed by atoms with Crippen LogP contribution in [0.5, 0.6) is 0 Å². The molecular formula is C7H14N2O3. The number of rotatable bonds is 4. The van der Waals surface area contributed by atoms with Crippen molar-refractivity contribution in [3.63, 3.8) is 0 Å². The summed E-state index contributed by atoms with van der Waals surface area (Å²) in [6.07, 6.45) is 0. The molecule has 5 nitrogen and oxygen atoms in total. The van der Waals surface area contributed by atoms with E-state index in [1.54, 1.807) is 0 Å². The van der Waals surface area contributed by atoms with Gasteiger partial charge in [-0.15, -0.1) is 0 Å². The molecule has 12 heavy (non-hydrogen) atoms. The van der Waals surface area contributed by atoms with Crippen molar-refractivity contribution in [2.45, 2.75) is 6.90 Å². The average Bonchev–Trinajstić information content (AvgIpc) is 2.15. The molecule has 0 saturated carbocycles. The number of hydrogen-bond acceptors (Lipinski definition) is 4. The third-order valence-corrected chi connectivity index (χ3v) is 1.30. The Balaban J connectivity index is 4.08. The summed E-state index contributed by atoms with van der Waals surface area (Å²) in [5.74, 6) is -0.925. The van der Waals surface area contributed by atoms with Crippen LogP contribution in [-0.2, 0) is 14.3 Å². The Morgan fingerprint density at radius 1 is 1.67 bits per heavy atom. The number of nitrogens with two attached hydrogens (primary N) is 1. The van der Waals surface area contributed by atoms with Crippen molar-refractivity contribution in [3.8, 4) is 0 Å². The quantitative estimate of drug-likeness (QED) is 0.556. The highest BCUT2D eigenvalue weighted by Gasteiger charge is 2.11. The van der Waals surface area contributed by atoms with E-state index in [1.807, 2.05) is 0 Å². The van der Waals surface area contributed by atoms with Crippen molar-refractivity contribution in [1.29, 1.82) is 0 Å². The molecule has 0 saturated heterocycles. The molecule has 0 radical (unpaired) electrons. The molecule has 0 atom stereocenters. The maximum atomic E-state index is 11.0. The monoisotopic (exact) mass is 176 g/mol. The molecule has 0 aromatic rings. The van der Waals surface area contributed by atoms with E-state index in [4.69, 9.17) is 7.10 Å². The number of ether oxygens (including phenoxy) is 1. The molecule has 0 bridgehead atoms. The van der Waals surface area contributed by atoms with Crippen LogP contribution in [0.15, 0.2) is 0 Å². The Kier molecular flexibility index (Phi) is 4.15. The first kappa shape index (κ1) is 8.99. The van der Waals surface area contributed by atoms with Gasteiger partial charge >= 0.3 is 5.97 Å². The zero-order valence-corrected chi connectivity index (χ0v) is 7.08. The predicted octanol–water partition coefficient (Wildman–Crippen LogP) is -1.03. The molecule has 0 aliphatic rings. The van der Waals surface area contributed by atoms with Crippen LogP contribution in [0.4, 0.5) is 0 Å². The summed E-state index contributed by atoms with van der Waals surface area (Å²) in [5, 5.41) is 0. The van der Waals surface area contributed by atoms with Crippen LogP contribution in [0.2, 0.25) is 0 Å². The van der Waals surface area contributed by atoms with E-state index in [0.29, 0.717) is 0 Å². The van der Waals surface area contributed by atoms with E-state index in [2.05, 4.69) is 4.74 Å². The summed E-state index contributed by atoms with van der Waals surface area (Å²) in [5.41, 5.74) is 5.23. The molecule has 1 amide bonds. The fourth-order valence-corrected chi connectivity index (χ4v) is 0.668. The van der Waals surface area contributed by atoms with E-state index in [0.717, 1.165) is 0 Å². The van der Waals surface area contributed by atoms with Crippen LogP contribution in [-0.4, -0.2) is 43.5 Å². The Hall–Kier alpha value is -1.10.